The Morgan fingerprint density at radius 2 is 2.06 bits per heavy atom. The third kappa shape index (κ3) is 5.65. The lowest BCUT2D eigenvalue weighted by Crippen LogP contribution is -2.29. The number of benzene rings is 1. The first-order valence-electron chi connectivity index (χ1n) is 5.94. The van der Waals surface area contributed by atoms with Gasteiger partial charge in [0.2, 0.25) is 0 Å². The standard InChI is InChI=1S/C13H19NO4/c1-2-18-13(17)7-12(16)9-14-8-10-3-5-11(15)6-4-10/h3-6,12,14-16H,2,7-9H2,1H3. The van der Waals surface area contributed by atoms with Crippen LogP contribution in [0.3, 0.4) is 0 Å². The van der Waals surface area contributed by atoms with Gasteiger partial charge in [-0.15, -0.1) is 0 Å². The van der Waals surface area contributed by atoms with Gasteiger partial charge in [-0.05, 0) is 24.6 Å². The Balaban J connectivity index is 2.21. The summed E-state index contributed by atoms with van der Waals surface area (Å²) in [5, 5.41) is 21.7. The van der Waals surface area contributed by atoms with E-state index < -0.39 is 12.1 Å². The van der Waals surface area contributed by atoms with Gasteiger partial charge in [0.25, 0.3) is 0 Å². The number of aromatic hydroxyl groups is 1. The number of aliphatic hydroxyl groups excluding tert-OH is 1. The summed E-state index contributed by atoms with van der Waals surface area (Å²) >= 11 is 0. The average Bonchev–Trinajstić information content (AvgIpc) is 2.32. The van der Waals surface area contributed by atoms with Crippen LogP contribution in [-0.2, 0) is 16.1 Å². The van der Waals surface area contributed by atoms with Gasteiger partial charge in [0.05, 0.1) is 19.1 Å². The van der Waals surface area contributed by atoms with Gasteiger partial charge in [0, 0.05) is 13.1 Å². The van der Waals surface area contributed by atoms with Crippen LogP contribution in [0.2, 0.25) is 0 Å². The van der Waals surface area contributed by atoms with Crippen LogP contribution in [0, 0.1) is 0 Å². The highest BCUT2D eigenvalue weighted by atomic mass is 16.5. The highest BCUT2D eigenvalue weighted by Crippen LogP contribution is 2.09. The van der Waals surface area contributed by atoms with E-state index in [1.807, 2.05) is 0 Å². The molecule has 0 aliphatic carbocycles. The number of carbonyl (C=O) groups excluding carboxylic acids is 1. The third-order valence-electron chi connectivity index (χ3n) is 2.35. The minimum atomic E-state index is -0.749. The number of carbonyl (C=O) groups is 1. The number of phenols is 1. The molecule has 0 bridgehead atoms. The second-order valence-electron chi connectivity index (χ2n) is 3.96. The Bertz CT molecular complexity index is 364. The van der Waals surface area contributed by atoms with Crippen LogP contribution in [0.5, 0.6) is 5.75 Å². The lowest BCUT2D eigenvalue weighted by atomic mass is 10.2. The average molecular weight is 253 g/mol. The summed E-state index contributed by atoms with van der Waals surface area (Å²) in [5.41, 5.74) is 0.996. The van der Waals surface area contributed by atoms with Crippen molar-refractivity contribution in [2.75, 3.05) is 13.2 Å². The summed E-state index contributed by atoms with van der Waals surface area (Å²) in [6, 6.07) is 6.79. The fourth-order valence-corrected chi connectivity index (χ4v) is 1.48. The zero-order valence-corrected chi connectivity index (χ0v) is 10.4. The Morgan fingerprint density at radius 1 is 1.39 bits per heavy atom. The summed E-state index contributed by atoms with van der Waals surface area (Å²) in [7, 11) is 0. The number of ether oxygens (including phenoxy) is 1. The number of hydrogen-bond donors (Lipinski definition) is 3. The van der Waals surface area contributed by atoms with Gasteiger partial charge >= 0.3 is 5.97 Å². The molecule has 1 unspecified atom stereocenters. The van der Waals surface area contributed by atoms with E-state index in [9.17, 15) is 9.90 Å². The van der Waals surface area contributed by atoms with E-state index in [1.54, 1.807) is 31.2 Å². The molecule has 0 saturated carbocycles. The Hall–Kier alpha value is -1.59. The molecular weight excluding hydrogens is 234 g/mol. The molecule has 18 heavy (non-hydrogen) atoms. The Morgan fingerprint density at radius 3 is 2.67 bits per heavy atom. The predicted molar refractivity (Wildman–Crippen MR) is 67.1 cm³/mol. The normalized spacial score (nSPS) is 12.1. The van der Waals surface area contributed by atoms with Crippen molar-refractivity contribution in [1.29, 1.82) is 0 Å². The minimum Gasteiger partial charge on any atom is -0.508 e. The molecule has 1 rings (SSSR count). The van der Waals surface area contributed by atoms with Crippen molar-refractivity contribution in [3.8, 4) is 5.75 Å². The van der Waals surface area contributed by atoms with Crippen LogP contribution < -0.4 is 5.32 Å². The molecule has 0 aliphatic rings. The molecule has 0 aromatic heterocycles. The molecular formula is C13H19NO4. The number of esters is 1. The van der Waals surface area contributed by atoms with Gasteiger partial charge in [-0.3, -0.25) is 4.79 Å². The summed E-state index contributed by atoms with van der Waals surface area (Å²) in [6.45, 7) is 2.94. The fourth-order valence-electron chi connectivity index (χ4n) is 1.48. The van der Waals surface area contributed by atoms with Crippen molar-refractivity contribution in [2.24, 2.45) is 0 Å². The van der Waals surface area contributed by atoms with Crippen LogP contribution in [0.25, 0.3) is 0 Å². The number of nitrogens with one attached hydrogen (secondary N) is 1. The molecule has 5 nitrogen and oxygen atoms in total. The lowest BCUT2D eigenvalue weighted by Gasteiger charge is -2.11. The van der Waals surface area contributed by atoms with Crippen LogP contribution in [-0.4, -0.2) is 35.4 Å². The molecule has 100 valence electrons. The molecule has 3 N–H and O–H groups in total. The largest absolute Gasteiger partial charge is 0.508 e. The van der Waals surface area contributed by atoms with Gasteiger partial charge in [-0.25, -0.2) is 0 Å². The van der Waals surface area contributed by atoms with Gasteiger partial charge < -0.3 is 20.3 Å². The van der Waals surface area contributed by atoms with Crippen molar-refractivity contribution in [2.45, 2.75) is 26.0 Å². The van der Waals surface area contributed by atoms with Crippen molar-refractivity contribution < 1.29 is 19.7 Å². The summed E-state index contributed by atoms with van der Waals surface area (Å²) < 4.78 is 4.74. The summed E-state index contributed by atoms with van der Waals surface area (Å²) in [5.74, 6) is -0.169. The fraction of sp³-hybridized carbons (Fsp3) is 0.462. The van der Waals surface area contributed by atoms with Gasteiger partial charge in [0.1, 0.15) is 5.75 Å². The van der Waals surface area contributed by atoms with E-state index in [4.69, 9.17) is 9.84 Å². The van der Waals surface area contributed by atoms with Crippen LogP contribution in [0.15, 0.2) is 24.3 Å². The van der Waals surface area contributed by atoms with Gasteiger partial charge in [-0.2, -0.15) is 0 Å². The number of hydrogen-bond acceptors (Lipinski definition) is 5. The maximum atomic E-state index is 11.1. The smallest absolute Gasteiger partial charge is 0.308 e. The van der Waals surface area contributed by atoms with E-state index in [1.165, 1.54) is 0 Å². The van der Waals surface area contributed by atoms with E-state index >= 15 is 0 Å². The highest BCUT2D eigenvalue weighted by Gasteiger charge is 2.10. The van der Waals surface area contributed by atoms with Crippen molar-refractivity contribution in [3.05, 3.63) is 29.8 Å². The third-order valence-corrected chi connectivity index (χ3v) is 2.35. The molecule has 0 radical (unpaired) electrons. The first kappa shape index (κ1) is 14.5. The van der Waals surface area contributed by atoms with Crippen LogP contribution in [0.4, 0.5) is 0 Å². The van der Waals surface area contributed by atoms with Crippen molar-refractivity contribution in [3.63, 3.8) is 0 Å². The van der Waals surface area contributed by atoms with Gasteiger partial charge in [0.15, 0.2) is 0 Å². The van der Waals surface area contributed by atoms with Crippen LogP contribution >= 0.6 is 0 Å². The van der Waals surface area contributed by atoms with Crippen LogP contribution in [0.1, 0.15) is 18.9 Å². The van der Waals surface area contributed by atoms with Crippen molar-refractivity contribution >= 4 is 5.97 Å². The molecule has 5 heteroatoms. The quantitative estimate of drug-likeness (QED) is 0.626. The van der Waals surface area contributed by atoms with E-state index in [2.05, 4.69) is 5.32 Å². The van der Waals surface area contributed by atoms with Crippen molar-refractivity contribution in [1.82, 2.24) is 5.32 Å². The minimum absolute atomic E-state index is 0.00355. The molecule has 0 amide bonds. The molecule has 0 heterocycles. The van der Waals surface area contributed by atoms with E-state index in [0.717, 1.165) is 5.56 Å². The molecule has 1 aromatic rings. The molecule has 0 aliphatic heterocycles. The summed E-state index contributed by atoms with van der Waals surface area (Å²) in [6.07, 6.45) is -0.752. The monoisotopic (exact) mass is 253 g/mol. The molecule has 0 saturated heterocycles. The number of aliphatic hydroxyl groups is 1. The zero-order chi connectivity index (χ0) is 13.4. The lowest BCUT2D eigenvalue weighted by molar-refractivity contribution is -0.145. The number of phenolic OH excluding ortho intramolecular Hbond substituents is 1. The molecule has 0 spiro atoms. The maximum Gasteiger partial charge on any atom is 0.308 e. The first-order valence-corrected chi connectivity index (χ1v) is 5.94. The SMILES string of the molecule is CCOC(=O)CC(O)CNCc1ccc(O)cc1. The topological polar surface area (TPSA) is 78.8 Å². The summed E-state index contributed by atoms with van der Waals surface area (Å²) in [4.78, 5) is 11.1. The maximum absolute atomic E-state index is 11.1. The second kappa shape index (κ2) is 7.68. The molecule has 0 fully saturated rings. The Labute approximate surface area is 106 Å². The second-order valence-corrected chi connectivity index (χ2v) is 3.96. The number of rotatable bonds is 7. The Kier molecular flexibility index (Phi) is 6.18. The first-order chi connectivity index (χ1) is 8.61. The van der Waals surface area contributed by atoms with E-state index in [-0.39, 0.29) is 12.2 Å². The van der Waals surface area contributed by atoms with Gasteiger partial charge in [-0.1, -0.05) is 12.1 Å². The van der Waals surface area contributed by atoms with E-state index in [0.29, 0.717) is 19.7 Å². The molecule has 1 atom stereocenters. The zero-order valence-electron chi connectivity index (χ0n) is 10.4. The predicted octanol–water partition coefficient (Wildman–Crippen LogP) is 0.796. The molecule has 1 aromatic carbocycles. The highest BCUT2D eigenvalue weighted by molar-refractivity contribution is 5.69.